The molecule has 1 aliphatic rings. The lowest BCUT2D eigenvalue weighted by Gasteiger charge is -2.21. The number of carbonyl (C=O) groups excluding carboxylic acids is 2. The van der Waals surface area contributed by atoms with Gasteiger partial charge in [-0.3, -0.25) is 19.5 Å². The molecule has 1 aromatic rings. The Morgan fingerprint density at radius 3 is 2.90 bits per heavy atom. The number of rotatable bonds is 5. The number of aryl methyl sites for hydroxylation is 1. The molecule has 1 N–H and O–H groups in total. The summed E-state index contributed by atoms with van der Waals surface area (Å²) in [6.07, 6.45) is 4.57. The maximum absolute atomic E-state index is 12.3. The number of imide groups is 1. The Hall–Kier alpha value is -1.75. The highest BCUT2D eigenvalue weighted by Crippen LogP contribution is 2.18. The van der Waals surface area contributed by atoms with Crippen LogP contribution < -0.4 is 5.32 Å². The van der Waals surface area contributed by atoms with Crippen molar-refractivity contribution >= 4 is 11.8 Å². The van der Waals surface area contributed by atoms with Crippen LogP contribution in [0.1, 0.15) is 37.8 Å². The average molecular weight is 275 g/mol. The molecular weight excluding hydrogens is 254 g/mol. The number of carbonyl (C=O) groups is 2. The highest BCUT2D eigenvalue weighted by Gasteiger charge is 2.40. The fourth-order valence-corrected chi connectivity index (χ4v) is 2.39. The van der Waals surface area contributed by atoms with E-state index in [9.17, 15) is 9.59 Å². The van der Waals surface area contributed by atoms with Crippen molar-refractivity contribution in [3.05, 3.63) is 29.6 Å². The molecule has 1 aliphatic heterocycles. The van der Waals surface area contributed by atoms with E-state index in [1.807, 2.05) is 26.8 Å². The van der Waals surface area contributed by atoms with Crippen molar-refractivity contribution in [3.63, 3.8) is 0 Å². The SMILES string of the molecule is CCC(C)N1C(=O)CC(NCc2ccncc2C)C1=O. The van der Waals surface area contributed by atoms with Gasteiger partial charge in [-0.05, 0) is 37.5 Å². The average Bonchev–Trinajstić information content (AvgIpc) is 2.72. The Morgan fingerprint density at radius 1 is 1.50 bits per heavy atom. The summed E-state index contributed by atoms with van der Waals surface area (Å²) in [5.74, 6) is -0.177. The van der Waals surface area contributed by atoms with Gasteiger partial charge in [0.1, 0.15) is 0 Å². The van der Waals surface area contributed by atoms with E-state index in [0.29, 0.717) is 6.54 Å². The number of hydrogen-bond donors (Lipinski definition) is 1. The molecule has 2 atom stereocenters. The van der Waals surface area contributed by atoms with Crippen molar-refractivity contribution in [3.8, 4) is 0 Å². The summed E-state index contributed by atoms with van der Waals surface area (Å²) in [5.41, 5.74) is 2.18. The maximum Gasteiger partial charge on any atom is 0.247 e. The van der Waals surface area contributed by atoms with E-state index < -0.39 is 6.04 Å². The number of likely N-dealkylation sites (tertiary alicyclic amines) is 1. The van der Waals surface area contributed by atoms with Crippen molar-refractivity contribution < 1.29 is 9.59 Å². The first-order valence-corrected chi connectivity index (χ1v) is 7.03. The quantitative estimate of drug-likeness (QED) is 0.825. The lowest BCUT2D eigenvalue weighted by atomic mass is 10.1. The van der Waals surface area contributed by atoms with Gasteiger partial charge < -0.3 is 5.32 Å². The van der Waals surface area contributed by atoms with Crippen LogP contribution in [-0.4, -0.2) is 33.8 Å². The number of pyridine rings is 1. The summed E-state index contributed by atoms with van der Waals surface area (Å²) < 4.78 is 0. The molecule has 2 unspecified atom stereocenters. The zero-order valence-corrected chi connectivity index (χ0v) is 12.2. The lowest BCUT2D eigenvalue weighted by Crippen LogP contribution is -2.42. The highest BCUT2D eigenvalue weighted by molar-refractivity contribution is 6.05. The first-order valence-electron chi connectivity index (χ1n) is 7.03. The van der Waals surface area contributed by atoms with Crippen molar-refractivity contribution in [2.24, 2.45) is 0 Å². The van der Waals surface area contributed by atoms with Crippen molar-refractivity contribution in [1.29, 1.82) is 0 Å². The molecule has 20 heavy (non-hydrogen) atoms. The second-order valence-corrected chi connectivity index (χ2v) is 5.30. The van der Waals surface area contributed by atoms with Gasteiger partial charge in [0.2, 0.25) is 11.8 Å². The van der Waals surface area contributed by atoms with Gasteiger partial charge in [-0.1, -0.05) is 6.92 Å². The van der Waals surface area contributed by atoms with E-state index in [1.165, 1.54) is 4.90 Å². The third kappa shape index (κ3) is 2.88. The Labute approximate surface area is 119 Å². The molecule has 2 amide bonds. The third-order valence-corrected chi connectivity index (χ3v) is 3.89. The molecule has 1 fully saturated rings. The normalized spacial score (nSPS) is 20.6. The van der Waals surface area contributed by atoms with Crippen LogP contribution in [-0.2, 0) is 16.1 Å². The zero-order chi connectivity index (χ0) is 14.7. The molecule has 0 bridgehead atoms. The van der Waals surface area contributed by atoms with Gasteiger partial charge in [-0.15, -0.1) is 0 Å². The summed E-state index contributed by atoms with van der Waals surface area (Å²) in [5, 5.41) is 3.19. The minimum absolute atomic E-state index is 0.0236. The van der Waals surface area contributed by atoms with E-state index in [0.717, 1.165) is 17.5 Å². The van der Waals surface area contributed by atoms with E-state index in [2.05, 4.69) is 10.3 Å². The van der Waals surface area contributed by atoms with Crippen LogP contribution in [0.3, 0.4) is 0 Å². The molecule has 0 radical (unpaired) electrons. The first-order chi connectivity index (χ1) is 9.54. The summed E-state index contributed by atoms with van der Waals surface area (Å²) >= 11 is 0. The summed E-state index contributed by atoms with van der Waals surface area (Å²) in [6, 6.07) is 1.50. The molecular formula is C15H21N3O2. The van der Waals surface area contributed by atoms with E-state index >= 15 is 0 Å². The molecule has 0 aliphatic carbocycles. The number of nitrogens with zero attached hydrogens (tertiary/aromatic N) is 2. The van der Waals surface area contributed by atoms with Gasteiger partial charge >= 0.3 is 0 Å². The van der Waals surface area contributed by atoms with Gasteiger partial charge in [0.15, 0.2) is 0 Å². The molecule has 0 aromatic carbocycles. The Kier molecular flexibility index (Phi) is 4.49. The van der Waals surface area contributed by atoms with E-state index in [1.54, 1.807) is 12.4 Å². The number of hydrogen-bond acceptors (Lipinski definition) is 4. The lowest BCUT2D eigenvalue weighted by molar-refractivity contribution is -0.141. The minimum Gasteiger partial charge on any atom is -0.301 e. The smallest absolute Gasteiger partial charge is 0.247 e. The first kappa shape index (κ1) is 14.7. The van der Waals surface area contributed by atoms with Gasteiger partial charge in [-0.2, -0.15) is 0 Å². The fraction of sp³-hybridized carbons (Fsp3) is 0.533. The van der Waals surface area contributed by atoms with Crippen LogP contribution in [0.4, 0.5) is 0 Å². The Balaban J connectivity index is 2.00. The molecule has 1 aromatic heterocycles. The Morgan fingerprint density at radius 2 is 2.25 bits per heavy atom. The molecule has 108 valence electrons. The van der Waals surface area contributed by atoms with Crippen LogP contribution >= 0.6 is 0 Å². The van der Waals surface area contributed by atoms with Gasteiger partial charge in [-0.25, -0.2) is 0 Å². The van der Waals surface area contributed by atoms with Gasteiger partial charge in [0, 0.05) is 25.0 Å². The Bertz CT molecular complexity index is 516. The number of amides is 2. The highest BCUT2D eigenvalue weighted by atomic mass is 16.2. The summed E-state index contributed by atoms with van der Waals surface area (Å²) in [7, 11) is 0. The maximum atomic E-state index is 12.3. The topological polar surface area (TPSA) is 62.3 Å². The summed E-state index contributed by atoms with van der Waals surface area (Å²) in [6.45, 7) is 6.45. The summed E-state index contributed by atoms with van der Waals surface area (Å²) in [4.78, 5) is 29.6. The standard InChI is InChI=1S/C15H21N3O2/c1-4-11(3)18-14(19)7-13(15(18)20)17-9-12-5-6-16-8-10(12)2/h5-6,8,11,13,17H,4,7,9H2,1-3H3. The van der Waals surface area contributed by atoms with Crippen LogP contribution in [0.5, 0.6) is 0 Å². The second-order valence-electron chi connectivity index (χ2n) is 5.30. The van der Waals surface area contributed by atoms with Crippen LogP contribution in [0, 0.1) is 6.92 Å². The largest absolute Gasteiger partial charge is 0.301 e. The monoisotopic (exact) mass is 275 g/mol. The van der Waals surface area contributed by atoms with Gasteiger partial charge in [0.25, 0.3) is 0 Å². The second kappa shape index (κ2) is 6.13. The van der Waals surface area contributed by atoms with Crippen molar-refractivity contribution in [2.75, 3.05) is 0 Å². The molecule has 1 saturated heterocycles. The van der Waals surface area contributed by atoms with Crippen LogP contribution in [0.15, 0.2) is 18.5 Å². The predicted octanol–water partition coefficient (Wildman–Crippen LogP) is 1.41. The molecule has 2 heterocycles. The number of nitrogens with one attached hydrogen (secondary N) is 1. The van der Waals surface area contributed by atoms with Crippen LogP contribution in [0.25, 0.3) is 0 Å². The van der Waals surface area contributed by atoms with Crippen molar-refractivity contribution in [1.82, 2.24) is 15.2 Å². The fourth-order valence-electron chi connectivity index (χ4n) is 2.39. The van der Waals surface area contributed by atoms with Crippen LogP contribution in [0.2, 0.25) is 0 Å². The molecule has 0 spiro atoms. The molecule has 5 nitrogen and oxygen atoms in total. The predicted molar refractivity (Wildman–Crippen MR) is 75.8 cm³/mol. The molecule has 0 saturated carbocycles. The van der Waals surface area contributed by atoms with Crippen molar-refractivity contribution in [2.45, 2.75) is 52.2 Å². The minimum atomic E-state index is -0.399. The molecule has 5 heteroatoms. The third-order valence-electron chi connectivity index (χ3n) is 3.89. The van der Waals surface area contributed by atoms with E-state index in [-0.39, 0.29) is 24.3 Å². The number of aromatic nitrogens is 1. The van der Waals surface area contributed by atoms with Gasteiger partial charge in [0.05, 0.1) is 12.5 Å². The zero-order valence-electron chi connectivity index (χ0n) is 12.2. The van der Waals surface area contributed by atoms with E-state index in [4.69, 9.17) is 0 Å². The molecule has 2 rings (SSSR count).